The van der Waals surface area contributed by atoms with Crippen molar-refractivity contribution in [1.82, 2.24) is 0 Å². The van der Waals surface area contributed by atoms with Crippen LogP contribution in [0.5, 0.6) is 11.5 Å². The van der Waals surface area contributed by atoms with Gasteiger partial charge in [0.2, 0.25) is 0 Å². The Morgan fingerprint density at radius 3 is 2.59 bits per heavy atom. The lowest BCUT2D eigenvalue weighted by Gasteiger charge is -2.31. The summed E-state index contributed by atoms with van der Waals surface area (Å²) in [4.78, 5) is 0. The van der Waals surface area contributed by atoms with Crippen molar-refractivity contribution in [3.63, 3.8) is 0 Å². The number of methoxy groups -OCH3 is 1. The van der Waals surface area contributed by atoms with E-state index in [1.54, 1.807) is 13.2 Å². The Morgan fingerprint density at radius 2 is 2.05 bits per heavy atom. The van der Waals surface area contributed by atoms with Gasteiger partial charge in [-0.15, -0.1) is 0 Å². The predicted octanol–water partition coefficient (Wildman–Crippen LogP) is 4.35. The molecule has 0 radical (unpaired) electrons. The van der Waals surface area contributed by atoms with Crippen LogP contribution in [0.25, 0.3) is 11.1 Å². The van der Waals surface area contributed by atoms with Gasteiger partial charge >= 0.3 is 0 Å². The average molecular weight is 306 g/mol. The summed E-state index contributed by atoms with van der Waals surface area (Å²) < 4.78 is 25.4. The second kappa shape index (κ2) is 6.13. The van der Waals surface area contributed by atoms with E-state index < -0.39 is 12.4 Å². The van der Waals surface area contributed by atoms with Gasteiger partial charge in [0.05, 0.1) is 13.7 Å². The molecule has 0 bridgehead atoms. The number of benzene rings is 1. The van der Waals surface area contributed by atoms with Crippen molar-refractivity contribution in [1.29, 1.82) is 0 Å². The molecular weight excluding hydrogens is 283 g/mol. The van der Waals surface area contributed by atoms with Gasteiger partial charge in [0, 0.05) is 17.2 Å². The normalized spacial score (nSPS) is 17.1. The van der Waals surface area contributed by atoms with Crippen molar-refractivity contribution in [2.45, 2.75) is 39.7 Å². The summed E-state index contributed by atoms with van der Waals surface area (Å²) in [6.07, 6.45) is 2.51. The van der Waals surface area contributed by atoms with Gasteiger partial charge in [0.1, 0.15) is 22.9 Å². The molecule has 1 aliphatic rings. The predicted molar refractivity (Wildman–Crippen MR) is 86.8 cm³/mol. The standard InChI is InChI=1S/C18H23FO3/c1-6-12(15(19)10-20)14-7-13-11(2)9-18(3,4)22-17(13)8-16(14)21-5/h7-9,20H,6,10H2,1-5H3. The fourth-order valence-electron chi connectivity index (χ4n) is 2.89. The van der Waals surface area contributed by atoms with Crippen molar-refractivity contribution in [3.05, 3.63) is 35.2 Å². The molecule has 1 aromatic rings. The Balaban J connectivity index is 2.67. The summed E-state index contributed by atoms with van der Waals surface area (Å²) in [5, 5.41) is 9.11. The minimum atomic E-state index is -0.609. The van der Waals surface area contributed by atoms with Crippen LogP contribution in [0.3, 0.4) is 0 Å². The van der Waals surface area contributed by atoms with E-state index in [4.69, 9.17) is 14.6 Å². The maximum absolute atomic E-state index is 14.0. The first-order valence-corrected chi connectivity index (χ1v) is 7.42. The smallest absolute Gasteiger partial charge is 0.131 e. The molecule has 2 rings (SSSR count). The molecule has 0 amide bonds. The Bertz CT molecular complexity index is 642. The molecule has 1 N–H and O–H groups in total. The first-order chi connectivity index (χ1) is 10.3. The highest BCUT2D eigenvalue weighted by molar-refractivity contribution is 5.80. The molecular formula is C18H23FO3. The van der Waals surface area contributed by atoms with E-state index in [0.29, 0.717) is 23.3 Å². The fourth-order valence-corrected chi connectivity index (χ4v) is 2.89. The summed E-state index contributed by atoms with van der Waals surface area (Å²) in [5.41, 5.74) is 2.73. The van der Waals surface area contributed by atoms with Gasteiger partial charge in [-0.2, -0.15) is 0 Å². The van der Waals surface area contributed by atoms with Gasteiger partial charge < -0.3 is 14.6 Å². The Labute approximate surface area is 131 Å². The highest BCUT2D eigenvalue weighted by Gasteiger charge is 2.27. The summed E-state index contributed by atoms with van der Waals surface area (Å²) in [7, 11) is 1.55. The van der Waals surface area contributed by atoms with Gasteiger partial charge in [0.25, 0.3) is 0 Å². The van der Waals surface area contributed by atoms with Gasteiger partial charge in [0.15, 0.2) is 0 Å². The zero-order chi connectivity index (χ0) is 16.5. The monoisotopic (exact) mass is 306 g/mol. The number of aliphatic hydroxyl groups excluding tert-OH is 1. The molecule has 1 heterocycles. The van der Waals surface area contributed by atoms with Crippen LogP contribution in [-0.4, -0.2) is 24.4 Å². The molecule has 0 unspecified atom stereocenters. The number of rotatable bonds is 4. The van der Waals surface area contributed by atoms with Crippen molar-refractivity contribution in [3.8, 4) is 11.5 Å². The quantitative estimate of drug-likeness (QED) is 0.898. The molecule has 0 aromatic heterocycles. The molecule has 0 aliphatic carbocycles. The largest absolute Gasteiger partial charge is 0.496 e. The Hall–Kier alpha value is -1.81. The molecule has 0 atom stereocenters. The van der Waals surface area contributed by atoms with Crippen molar-refractivity contribution >= 4 is 11.1 Å². The van der Waals surface area contributed by atoms with Crippen molar-refractivity contribution in [2.75, 3.05) is 13.7 Å². The lowest BCUT2D eigenvalue weighted by atomic mass is 9.91. The Kier molecular flexibility index (Phi) is 4.61. The highest BCUT2D eigenvalue weighted by Crippen LogP contribution is 2.42. The van der Waals surface area contributed by atoms with E-state index in [1.807, 2.05) is 39.8 Å². The van der Waals surface area contributed by atoms with Gasteiger partial charge in [-0.1, -0.05) is 6.92 Å². The first kappa shape index (κ1) is 16.6. The molecule has 3 nitrogen and oxygen atoms in total. The van der Waals surface area contributed by atoms with Crippen LogP contribution in [-0.2, 0) is 0 Å². The van der Waals surface area contributed by atoms with E-state index in [1.165, 1.54) is 0 Å². The number of hydrogen-bond donors (Lipinski definition) is 1. The maximum atomic E-state index is 14.0. The molecule has 1 aliphatic heterocycles. The number of ether oxygens (including phenoxy) is 2. The van der Waals surface area contributed by atoms with E-state index >= 15 is 0 Å². The summed E-state index contributed by atoms with van der Waals surface area (Å²) in [5.74, 6) is 0.745. The van der Waals surface area contributed by atoms with Gasteiger partial charge in [-0.05, 0) is 50.5 Å². The zero-order valence-corrected chi connectivity index (χ0v) is 13.8. The second-order valence-electron chi connectivity index (χ2n) is 5.98. The van der Waals surface area contributed by atoms with Crippen LogP contribution < -0.4 is 9.47 Å². The zero-order valence-electron chi connectivity index (χ0n) is 13.8. The maximum Gasteiger partial charge on any atom is 0.131 e. The topological polar surface area (TPSA) is 38.7 Å². The van der Waals surface area contributed by atoms with Crippen LogP contribution in [0.15, 0.2) is 24.0 Å². The summed E-state index contributed by atoms with van der Waals surface area (Å²) in [6, 6.07) is 3.67. The van der Waals surface area contributed by atoms with E-state index in [0.717, 1.165) is 16.9 Å². The minimum absolute atomic E-state index is 0.386. The molecule has 0 fully saturated rings. The van der Waals surface area contributed by atoms with Crippen LogP contribution in [0.2, 0.25) is 0 Å². The number of hydrogen-bond acceptors (Lipinski definition) is 3. The number of fused-ring (bicyclic) bond motifs is 1. The lowest BCUT2D eigenvalue weighted by Crippen LogP contribution is -2.28. The lowest BCUT2D eigenvalue weighted by molar-refractivity contribution is 0.157. The van der Waals surface area contributed by atoms with Gasteiger partial charge in [-0.25, -0.2) is 4.39 Å². The molecule has 0 spiro atoms. The third kappa shape index (κ3) is 3.02. The van der Waals surface area contributed by atoms with Crippen LogP contribution in [0.1, 0.15) is 45.2 Å². The summed E-state index contributed by atoms with van der Waals surface area (Å²) in [6.45, 7) is 7.23. The molecule has 0 saturated heterocycles. The van der Waals surface area contributed by atoms with Crippen LogP contribution >= 0.6 is 0 Å². The van der Waals surface area contributed by atoms with E-state index in [9.17, 15) is 4.39 Å². The number of allylic oxidation sites excluding steroid dienone is 2. The fraction of sp³-hybridized carbons (Fsp3) is 0.444. The van der Waals surface area contributed by atoms with Gasteiger partial charge in [-0.3, -0.25) is 0 Å². The highest BCUT2D eigenvalue weighted by atomic mass is 19.1. The van der Waals surface area contributed by atoms with E-state index in [2.05, 4.69) is 0 Å². The van der Waals surface area contributed by atoms with Crippen LogP contribution in [0, 0.1) is 0 Å². The molecule has 0 saturated carbocycles. The second-order valence-corrected chi connectivity index (χ2v) is 5.98. The van der Waals surface area contributed by atoms with Crippen molar-refractivity contribution in [2.24, 2.45) is 0 Å². The molecule has 1 aromatic carbocycles. The van der Waals surface area contributed by atoms with E-state index in [-0.39, 0.29) is 5.60 Å². The average Bonchev–Trinajstić information content (AvgIpc) is 2.46. The SMILES string of the molecule is CCC(=C(F)CO)c1cc2c(cc1OC)OC(C)(C)C=C2C. The first-order valence-electron chi connectivity index (χ1n) is 7.42. The number of halogens is 1. The third-order valence-electron chi connectivity index (χ3n) is 3.81. The third-order valence-corrected chi connectivity index (χ3v) is 3.81. The minimum Gasteiger partial charge on any atom is -0.496 e. The molecule has 22 heavy (non-hydrogen) atoms. The van der Waals surface area contributed by atoms with Crippen molar-refractivity contribution < 1.29 is 19.0 Å². The van der Waals surface area contributed by atoms with Crippen LogP contribution in [0.4, 0.5) is 4.39 Å². The Morgan fingerprint density at radius 1 is 1.36 bits per heavy atom. The summed E-state index contributed by atoms with van der Waals surface area (Å²) >= 11 is 0. The molecule has 120 valence electrons. The molecule has 4 heteroatoms. The number of aliphatic hydroxyl groups is 1.